The van der Waals surface area contributed by atoms with Gasteiger partial charge < -0.3 is 9.47 Å². The minimum atomic E-state index is 0.254. The van der Waals surface area contributed by atoms with Crippen LogP contribution < -0.4 is 9.47 Å². The molecular formula is C9H6BrNO2. The summed E-state index contributed by atoms with van der Waals surface area (Å²) in [6.07, 6.45) is 0.372. The van der Waals surface area contributed by atoms with Crippen molar-refractivity contribution >= 4 is 15.9 Å². The van der Waals surface area contributed by atoms with Crippen molar-refractivity contribution in [2.75, 3.05) is 6.79 Å². The van der Waals surface area contributed by atoms with Gasteiger partial charge in [0.25, 0.3) is 0 Å². The first-order valence-corrected chi connectivity index (χ1v) is 4.56. The average molecular weight is 240 g/mol. The van der Waals surface area contributed by atoms with Crippen molar-refractivity contribution in [1.82, 2.24) is 0 Å². The maximum Gasteiger partial charge on any atom is 0.231 e. The molecule has 0 aromatic heterocycles. The molecule has 1 aliphatic rings. The van der Waals surface area contributed by atoms with Crippen LogP contribution in [0.2, 0.25) is 0 Å². The maximum absolute atomic E-state index is 8.55. The molecule has 0 saturated carbocycles. The Balaban J connectivity index is 2.47. The molecule has 0 radical (unpaired) electrons. The third kappa shape index (κ3) is 1.36. The molecule has 0 atom stereocenters. The zero-order valence-electron chi connectivity index (χ0n) is 6.71. The molecule has 1 aromatic rings. The molecule has 0 amide bonds. The van der Waals surface area contributed by atoms with Crippen molar-refractivity contribution in [2.45, 2.75) is 6.42 Å². The van der Waals surface area contributed by atoms with Crippen molar-refractivity contribution in [1.29, 1.82) is 5.26 Å². The fraction of sp³-hybridized carbons (Fsp3) is 0.222. The van der Waals surface area contributed by atoms with Crippen molar-refractivity contribution < 1.29 is 9.47 Å². The van der Waals surface area contributed by atoms with Crippen LogP contribution >= 0.6 is 15.9 Å². The molecule has 66 valence electrons. The Morgan fingerprint density at radius 2 is 2.31 bits per heavy atom. The van der Waals surface area contributed by atoms with Gasteiger partial charge in [-0.25, -0.2) is 0 Å². The van der Waals surface area contributed by atoms with E-state index in [9.17, 15) is 0 Å². The lowest BCUT2D eigenvalue weighted by Crippen LogP contribution is -1.93. The highest BCUT2D eigenvalue weighted by Crippen LogP contribution is 2.40. The van der Waals surface area contributed by atoms with Crippen molar-refractivity contribution in [2.24, 2.45) is 0 Å². The molecule has 1 aromatic carbocycles. The zero-order valence-corrected chi connectivity index (χ0v) is 8.30. The number of ether oxygens (including phenoxy) is 2. The first kappa shape index (κ1) is 8.39. The molecule has 0 N–H and O–H groups in total. The maximum atomic E-state index is 8.55. The summed E-state index contributed by atoms with van der Waals surface area (Å²) in [5, 5.41) is 8.55. The molecular weight excluding hydrogens is 234 g/mol. The monoisotopic (exact) mass is 239 g/mol. The zero-order chi connectivity index (χ0) is 9.26. The third-order valence-corrected chi connectivity index (χ3v) is 2.70. The van der Waals surface area contributed by atoms with Gasteiger partial charge in [-0.2, -0.15) is 5.26 Å². The summed E-state index contributed by atoms with van der Waals surface area (Å²) in [5.74, 6) is 1.43. The lowest BCUT2D eigenvalue weighted by Gasteiger charge is -2.02. The molecule has 0 unspecified atom stereocenters. The normalized spacial score (nSPS) is 12.6. The standard InChI is InChI=1S/C9H6BrNO2/c10-8-6(3-4-11)1-2-7-9(8)13-5-12-7/h1-2H,3,5H2. The van der Waals surface area contributed by atoms with E-state index in [1.165, 1.54) is 0 Å². The van der Waals surface area contributed by atoms with Crippen LogP contribution in [0, 0.1) is 11.3 Å². The van der Waals surface area contributed by atoms with Gasteiger partial charge in [0.2, 0.25) is 6.79 Å². The van der Waals surface area contributed by atoms with E-state index in [0.29, 0.717) is 12.2 Å². The van der Waals surface area contributed by atoms with E-state index in [1.807, 2.05) is 12.1 Å². The summed E-state index contributed by atoms with van der Waals surface area (Å²) < 4.78 is 11.2. The number of hydrogen-bond acceptors (Lipinski definition) is 3. The highest BCUT2D eigenvalue weighted by atomic mass is 79.9. The van der Waals surface area contributed by atoms with Gasteiger partial charge in [-0.3, -0.25) is 0 Å². The van der Waals surface area contributed by atoms with E-state index in [2.05, 4.69) is 22.0 Å². The molecule has 0 fully saturated rings. The quantitative estimate of drug-likeness (QED) is 0.755. The first-order valence-electron chi connectivity index (χ1n) is 3.77. The van der Waals surface area contributed by atoms with E-state index < -0.39 is 0 Å². The predicted octanol–water partition coefficient (Wildman–Crippen LogP) is 2.24. The summed E-state index contributed by atoms with van der Waals surface area (Å²) in [6, 6.07) is 5.77. The van der Waals surface area contributed by atoms with Gasteiger partial charge >= 0.3 is 0 Å². The molecule has 0 saturated heterocycles. The highest BCUT2D eigenvalue weighted by molar-refractivity contribution is 9.10. The Kier molecular flexibility index (Phi) is 2.11. The number of nitrogens with zero attached hydrogens (tertiary/aromatic N) is 1. The number of benzene rings is 1. The number of halogens is 1. The molecule has 2 rings (SSSR count). The SMILES string of the molecule is N#CCc1ccc2c(c1Br)OCO2. The van der Waals surface area contributed by atoms with Gasteiger partial charge in [-0.15, -0.1) is 0 Å². The predicted molar refractivity (Wildman–Crippen MR) is 49.6 cm³/mol. The summed E-state index contributed by atoms with van der Waals surface area (Å²) >= 11 is 3.38. The largest absolute Gasteiger partial charge is 0.454 e. The fourth-order valence-electron chi connectivity index (χ4n) is 1.20. The van der Waals surface area contributed by atoms with Crippen molar-refractivity contribution in [3.63, 3.8) is 0 Å². The minimum absolute atomic E-state index is 0.254. The minimum Gasteiger partial charge on any atom is -0.454 e. The molecule has 0 bridgehead atoms. The van der Waals surface area contributed by atoms with E-state index in [4.69, 9.17) is 14.7 Å². The summed E-state index contributed by atoms with van der Waals surface area (Å²) in [4.78, 5) is 0. The Bertz CT molecular complexity index is 384. The second kappa shape index (κ2) is 3.27. The van der Waals surface area contributed by atoms with Crippen LogP contribution in [0.15, 0.2) is 16.6 Å². The second-order valence-electron chi connectivity index (χ2n) is 2.61. The number of hydrogen-bond donors (Lipinski definition) is 0. The lowest BCUT2D eigenvalue weighted by atomic mass is 10.1. The number of nitriles is 1. The molecule has 4 heteroatoms. The van der Waals surface area contributed by atoms with Crippen LogP contribution in [0.1, 0.15) is 5.56 Å². The van der Waals surface area contributed by atoms with Gasteiger partial charge in [0, 0.05) is 0 Å². The Morgan fingerprint density at radius 3 is 3.08 bits per heavy atom. The highest BCUT2D eigenvalue weighted by Gasteiger charge is 2.18. The van der Waals surface area contributed by atoms with Crippen LogP contribution in [0.4, 0.5) is 0 Å². The van der Waals surface area contributed by atoms with Crippen LogP contribution in [0.5, 0.6) is 11.5 Å². The summed E-state index contributed by atoms with van der Waals surface area (Å²) in [7, 11) is 0. The Morgan fingerprint density at radius 1 is 1.46 bits per heavy atom. The fourth-order valence-corrected chi connectivity index (χ4v) is 1.78. The van der Waals surface area contributed by atoms with Crippen molar-refractivity contribution in [3.05, 3.63) is 22.2 Å². The molecule has 1 heterocycles. The van der Waals surface area contributed by atoms with Crippen LogP contribution in [-0.4, -0.2) is 6.79 Å². The smallest absolute Gasteiger partial charge is 0.231 e. The van der Waals surface area contributed by atoms with Gasteiger partial charge in [0.15, 0.2) is 11.5 Å². The summed E-state index contributed by atoms with van der Waals surface area (Å²) in [6.45, 7) is 0.254. The van der Waals surface area contributed by atoms with Gasteiger partial charge in [-0.05, 0) is 27.6 Å². The molecule has 1 aliphatic heterocycles. The average Bonchev–Trinajstić information content (AvgIpc) is 2.58. The Hall–Kier alpha value is -1.21. The second-order valence-corrected chi connectivity index (χ2v) is 3.40. The molecule has 13 heavy (non-hydrogen) atoms. The lowest BCUT2D eigenvalue weighted by molar-refractivity contribution is 0.173. The molecule has 3 nitrogen and oxygen atoms in total. The number of rotatable bonds is 1. The van der Waals surface area contributed by atoms with E-state index in [1.54, 1.807) is 0 Å². The van der Waals surface area contributed by atoms with Crippen molar-refractivity contribution in [3.8, 4) is 17.6 Å². The van der Waals surface area contributed by atoms with Gasteiger partial charge in [0.05, 0.1) is 17.0 Å². The topological polar surface area (TPSA) is 42.2 Å². The number of fused-ring (bicyclic) bond motifs is 1. The van der Waals surface area contributed by atoms with Gasteiger partial charge in [-0.1, -0.05) is 6.07 Å². The van der Waals surface area contributed by atoms with E-state index >= 15 is 0 Å². The molecule has 0 spiro atoms. The van der Waals surface area contributed by atoms with E-state index in [-0.39, 0.29) is 6.79 Å². The van der Waals surface area contributed by atoms with Crippen LogP contribution in [0.3, 0.4) is 0 Å². The van der Waals surface area contributed by atoms with Crippen LogP contribution in [-0.2, 0) is 6.42 Å². The molecule has 0 aliphatic carbocycles. The first-order chi connectivity index (χ1) is 6.33. The Labute approximate surface area is 84.0 Å². The van der Waals surface area contributed by atoms with Crippen LogP contribution in [0.25, 0.3) is 0 Å². The summed E-state index contributed by atoms with van der Waals surface area (Å²) in [5.41, 5.74) is 0.923. The third-order valence-electron chi connectivity index (χ3n) is 1.83. The van der Waals surface area contributed by atoms with E-state index in [0.717, 1.165) is 15.8 Å². The van der Waals surface area contributed by atoms with Gasteiger partial charge in [0.1, 0.15) is 0 Å².